The zero-order valence-electron chi connectivity index (χ0n) is 30.1. The quantitative estimate of drug-likeness (QED) is 0.0761. The molecule has 0 amide bonds. The number of nitrogens with one attached hydrogen (secondary N) is 1. The number of carbonyl (C=O) groups excluding carboxylic acids is 2. The number of Topliss-reactive ketones (excluding diaryl/α,β-unsaturated/α-hetero) is 1. The van der Waals surface area contributed by atoms with Crippen molar-refractivity contribution in [2.24, 2.45) is 5.41 Å². The standard InChI is InChI=1S/C22H33NO2S.C10H11ClO2.C6H10.C2H6/c1-4-5-6-13-22(14-7-8-15-22)21(26)23-19(20(24)25-3)16-18-11-9-17(2)10-12-18;1-2-4-8(12)10-7(11)5-3-6-9(10)13;1-2-6-4-3-5-6;1-2/h9-12,19H,4-8,13-16H2,1-3H3,(H,23,26);3,5-6,13H,2,4H2,1H3;2H,3-5H2,1H3;1-2H3. The highest BCUT2D eigenvalue weighted by Gasteiger charge is 2.39. The van der Waals surface area contributed by atoms with Crippen LogP contribution in [-0.4, -0.2) is 35.0 Å². The number of unbranched alkanes of at least 4 members (excludes halogenated alkanes) is 2. The molecule has 0 saturated heterocycles. The van der Waals surface area contributed by atoms with Gasteiger partial charge in [-0.1, -0.05) is 131 Å². The third kappa shape index (κ3) is 14.5. The Morgan fingerprint density at radius 3 is 2.13 bits per heavy atom. The van der Waals surface area contributed by atoms with Gasteiger partial charge in [-0.15, -0.1) is 0 Å². The summed E-state index contributed by atoms with van der Waals surface area (Å²) in [5, 5.41) is 13.1. The van der Waals surface area contributed by atoms with Crippen molar-refractivity contribution < 1.29 is 19.4 Å². The number of methoxy groups -OCH3 is 1. The number of phenolic OH excluding ortho intramolecular Hbond substituents is 1. The lowest BCUT2D eigenvalue weighted by Gasteiger charge is -2.32. The maximum absolute atomic E-state index is 12.4. The van der Waals surface area contributed by atoms with Crippen LogP contribution in [0.2, 0.25) is 5.02 Å². The normalized spacial score (nSPS) is 14.8. The monoisotopic (exact) mass is 685 g/mol. The number of esters is 1. The summed E-state index contributed by atoms with van der Waals surface area (Å²) in [6.07, 6.45) is 17.7. The van der Waals surface area contributed by atoms with Crippen LogP contribution in [0.1, 0.15) is 140 Å². The molecule has 2 saturated carbocycles. The lowest BCUT2D eigenvalue weighted by Crippen LogP contribution is -2.48. The Labute approximate surface area is 295 Å². The van der Waals surface area contributed by atoms with Gasteiger partial charge in [-0.05, 0) is 76.5 Å². The molecule has 0 spiro atoms. The molecular weight excluding hydrogens is 626 g/mol. The Hall–Kier alpha value is -2.70. The average molecular weight is 686 g/mol. The number of aryl methyl sites for hydroxylation is 1. The van der Waals surface area contributed by atoms with Gasteiger partial charge in [0.15, 0.2) is 5.78 Å². The zero-order valence-corrected chi connectivity index (χ0v) is 31.6. The molecule has 0 radical (unpaired) electrons. The number of rotatable bonds is 12. The van der Waals surface area contributed by atoms with Gasteiger partial charge < -0.3 is 15.2 Å². The number of benzene rings is 2. The first-order valence-corrected chi connectivity index (χ1v) is 18.5. The van der Waals surface area contributed by atoms with E-state index >= 15 is 0 Å². The van der Waals surface area contributed by atoms with Crippen molar-refractivity contribution in [2.45, 2.75) is 137 Å². The Morgan fingerprint density at radius 1 is 1.02 bits per heavy atom. The van der Waals surface area contributed by atoms with Crippen LogP contribution >= 0.6 is 23.8 Å². The largest absolute Gasteiger partial charge is 0.507 e. The third-order valence-electron chi connectivity index (χ3n) is 8.80. The summed E-state index contributed by atoms with van der Waals surface area (Å²) >= 11 is 11.6. The number of hydrogen-bond acceptors (Lipinski definition) is 5. The lowest BCUT2D eigenvalue weighted by atomic mass is 9.80. The lowest BCUT2D eigenvalue weighted by molar-refractivity contribution is -0.142. The second kappa shape index (κ2) is 23.6. The van der Waals surface area contributed by atoms with Crippen LogP contribution in [0.3, 0.4) is 0 Å². The maximum Gasteiger partial charge on any atom is 0.328 e. The van der Waals surface area contributed by atoms with Crippen LogP contribution in [-0.2, 0) is 16.0 Å². The Kier molecular flexibility index (Phi) is 21.2. The summed E-state index contributed by atoms with van der Waals surface area (Å²) in [7, 11) is 1.45. The first kappa shape index (κ1) is 42.3. The Balaban J connectivity index is 0.000000432. The van der Waals surface area contributed by atoms with E-state index in [0.717, 1.165) is 36.2 Å². The minimum absolute atomic E-state index is 0.0362. The van der Waals surface area contributed by atoms with Crippen molar-refractivity contribution in [2.75, 3.05) is 7.11 Å². The highest BCUT2D eigenvalue weighted by Crippen LogP contribution is 2.43. The van der Waals surface area contributed by atoms with Gasteiger partial charge in [0, 0.05) is 18.3 Å². The van der Waals surface area contributed by atoms with Gasteiger partial charge in [-0.2, -0.15) is 0 Å². The molecule has 2 aliphatic rings. The van der Waals surface area contributed by atoms with Gasteiger partial charge in [0.1, 0.15) is 11.8 Å². The van der Waals surface area contributed by atoms with E-state index in [9.17, 15) is 14.7 Å². The molecule has 2 fully saturated rings. The second-order valence-corrected chi connectivity index (χ2v) is 13.1. The van der Waals surface area contributed by atoms with E-state index in [4.69, 9.17) is 28.6 Å². The highest BCUT2D eigenvalue weighted by atomic mass is 35.5. The van der Waals surface area contributed by atoms with E-state index in [1.54, 1.807) is 17.7 Å². The predicted molar refractivity (Wildman–Crippen MR) is 203 cm³/mol. The maximum atomic E-state index is 12.4. The summed E-state index contributed by atoms with van der Waals surface area (Å²) in [6, 6.07) is 12.6. The number of aromatic hydroxyl groups is 1. The summed E-state index contributed by atoms with van der Waals surface area (Å²) in [4.78, 5) is 24.7. The Morgan fingerprint density at radius 2 is 1.66 bits per heavy atom. The van der Waals surface area contributed by atoms with Crippen molar-refractivity contribution in [3.05, 3.63) is 75.8 Å². The second-order valence-electron chi connectivity index (χ2n) is 12.3. The minimum atomic E-state index is -0.418. The van der Waals surface area contributed by atoms with Gasteiger partial charge in [-0.25, -0.2) is 4.79 Å². The van der Waals surface area contributed by atoms with E-state index in [-0.39, 0.29) is 28.5 Å². The number of halogens is 1. The predicted octanol–water partition coefficient (Wildman–Crippen LogP) is 11.3. The van der Waals surface area contributed by atoms with Crippen molar-refractivity contribution >= 4 is 40.6 Å². The van der Waals surface area contributed by atoms with Gasteiger partial charge in [0.25, 0.3) is 0 Å². The summed E-state index contributed by atoms with van der Waals surface area (Å²) in [5.41, 5.74) is 4.30. The molecule has 2 aliphatic carbocycles. The topological polar surface area (TPSA) is 75.6 Å². The fraction of sp³-hybridized carbons (Fsp3) is 0.575. The molecular formula is C40H60ClNO4S. The number of phenols is 1. The van der Waals surface area contributed by atoms with Crippen molar-refractivity contribution in [3.8, 4) is 5.75 Å². The van der Waals surface area contributed by atoms with Crippen LogP contribution in [0.25, 0.3) is 0 Å². The molecule has 1 atom stereocenters. The van der Waals surface area contributed by atoms with Crippen molar-refractivity contribution in [3.63, 3.8) is 0 Å². The molecule has 0 bridgehead atoms. The van der Waals surface area contributed by atoms with Crippen LogP contribution in [0.5, 0.6) is 5.75 Å². The molecule has 1 unspecified atom stereocenters. The molecule has 2 aromatic rings. The first-order valence-electron chi connectivity index (χ1n) is 17.7. The zero-order chi connectivity index (χ0) is 35.2. The molecule has 2 N–H and O–H groups in total. The van der Waals surface area contributed by atoms with Crippen LogP contribution < -0.4 is 5.32 Å². The average Bonchev–Trinajstić information content (AvgIpc) is 3.53. The number of carbonyl (C=O) groups is 2. The van der Waals surface area contributed by atoms with E-state index in [1.165, 1.54) is 70.1 Å². The van der Waals surface area contributed by atoms with Crippen LogP contribution in [0.15, 0.2) is 54.1 Å². The van der Waals surface area contributed by atoms with Gasteiger partial charge in [0.2, 0.25) is 0 Å². The molecule has 262 valence electrons. The highest BCUT2D eigenvalue weighted by molar-refractivity contribution is 7.80. The Bertz CT molecular complexity index is 1230. The van der Waals surface area contributed by atoms with Gasteiger partial charge in [0.05, 0.1) is 22.7 Å². The smallest absolute Gasteiger partial charge is 0.328 e. The van der Waals surface area contributed by atoms with Gasteiger partial charge in [-0.3, -0.25) is 4.79 Å². The number of thiocarbonyl (C=S) groups is 1. The fourth-order valence-corrected chi connectivity index (χ4v) is 6.50. The van der Waals surface area contributed by atoms with E-state index in [0.29, 0.717) is 17.9 Å². The number of ketones is 1. The van der Waals surface area contributed by atoms with E-state index < -0.39 is 6.04 Å². The van der Waals surface area contributed by atoms with E-state index in [1.807, 2.05) is 20.8 Å². The SMILES string of the molecule is CC.CC=C1CCC1.CCCC(=O)c1c(O)cccc1Cl.CCCCCC1(C(=S)NC(Cc2ccc(C)cc2)C(=O)OC)CCCC1. The molecule has 0 aromatic heterocycles. The van der Waals surface area contributed by atoms with Crippen molar-refractivity contribution in [1.29, 1.82) is 0 Å². The van der Waals surface area contributed by atoms with Gasteiger partial charge >= 0.3 is 5.97 Å². The summed E-state index contributed by atoms with van der Waals surface area (Å²) in [5.74, 6) is -0.383. The number of allylic oxidation sites excluding steroid dienone is 2. The molecule has 4 rings (SSSR count). The van der Waals surface area contributed by atoms with E-state index in [2.05, 4.69) is 56.4 Å². The molecule has 0 aliphatic heterocycles. The van der Waals surface area contributed by atoms with Crippen LogP contribution in [0.4, 0.5) is 0 Å². The molecule has 2 aromatic carbocycles. The molecule has 47 heavy (non-hydrogen) atoms. The fourth-order valence-electron chi connectivity index (χ4n) is 5.77. The summed E-state index contributed by atoms with van der Waals surface area (Å²) in [6.45, 7) is 12.3. The van der Waals surface area contributed by atoms with Crippen molar-refractivity contribution in [1.82, 2.24) is 5.32 Å². The molecule has 5 nitrogen and oxygen atoms in total. The first-order chi connectivity index (χ1) is 22.6. The molecule has 0 heterocycles. The minimum Gasteiger partial charge on any atom is -0.507 e. The number of hydrogen-bond donors (Lipinski definition) is 2. The third-order valence-corrected chi connectivity index (χ3v) is 9.67. The summed E-state index contributed by atoms with van der Waals surface area (Å²) < 4.78 is 5.04. The number of ether oxygens (including phenoxy) is 1. The molecule has 7 heteroatoms. The van der Waals surface area contributed by atoms with Crippen LogP contribution in [0, 0.1) is 12.3 Å².